The lowest BCUT2D eigenvalue weighted by Gasteiger charge is -2.06. The molecular weight excluding hydrogens is 242 g/mol. The molecule has 1 rings (SSSR count). The second-order valence-electron chi connectivity index (χ2n) is 3.04. The minimum Gasteiger partial charge on any atom is -0.383 e. The number of methoxy groups -OCH3 is 1. The number of rotatable bonds is 5. The standard InChI is InChI=1S/C10H15N3OS2/c1-8(9-4-3-7-16-9)12-13-10(15)11-5-6-14-2/h3-4,7H,5-6H2,1-2H3,(H2,11,13,15)/b12-8-. The van der Waals surface area contributed by atoms with Gasteiger partial charge in [-0.1, -0.05) is 6.07 Å². The molecule has 1 heterocycles. The summed E-state index contributed by atoms with van der Waals surface area (Å²) < 4.78 is 4.89. The molecule has 0 bridgehead atoms. The molecule has 0 aromatic carbocycles. The fraction of sp³-hybridized carbons (Fsp3) is 0.400. The average molecular weight is 257 g/mol. The Balaban J connectivity index is 2.32. The molecule has 0 radical (unpaired) electrons. The van der Waals surface area contributed by atoms with E-state index in [1.807, 2.05) is 24.4 Å². The zero-order valence-electron chi connectivity index (χ0n) is 9.32. The van der Waals surface area contributed by atoms with Crippen LogP contribution in [0.1, 0.15) is 11.8 Å². The summed E-state index contributed by atoms with van der Waals surface area (Å²) in [6, 6.07) is 4.01. The first kappa shape index (κ1) is 13.1. The lowest BCUT2D eigenvalue weighted by molar-refractivity contribution is 0.204. The maximum absolute atomic E-state index is 5.03. The SMILES string of the molecule is COCCNC(=S)N/N=C(/C)c1cccs1. The Kier molecular flexibility index (Phi) is 5.99. The van der Waals surface area contributed by atoms with Crippen LogP contribution in [0.25, 0.3) is 0 Å². The van der Waals surface area contributed by atoms with Crippen molar-refractivity contribution in [3.05, 3.63) is 22.4 Å². The molecule has 1 aromatic rings. The molecule has 6 heteroatoms. The van der Waals surface area contributed by atoms with Gasteiger partial charge in [-0.05, 0) is 30.6 Å². The minimum absolute atomic E-state index is 0.507. The maximum atomic E-state index is 5.03. The Hall–Kier alpha value is -0.980. The molecule has 0 unspecified atom stereocenters. The van der Waals surface area contributed by atoms with E-state index in [4.69, 9.17) is 17.0 Å². The second-order valence-corrected chi connectivity index (χ2v) is 4.39. The molecule has 16 heavy (non-hydrogen) atoms. The van der Waals surface area contributed by atoms with Crippen molar-refractivity contribution in [1.29, 1.82) is 0 Å². The van der Waals surface area contributed by atoms with E-state index in [0.717, 1.165) is 10.6 Å². The maximum Gasteiger partial charge on any atom is 0.187 e. The molecule has 0 aliphatic rings. The molecule has 0 aliphatic heterocycles. The van der Waals surface area contributed by atoms with Crippen LogP contribution in [0.2, 0.25) is 0 Å². The van der Waals surface area contributed by atoms with Crippen LogP contribution in [0.15, 0.2) is 22.6 Å². The molecule has 0 fully saturated rings. The monoisotopic (exact) mass is 257 g/mol. The van der Waals surface area contributed by atoms with E-state index in [-0.39, 0.29) is 0 Å². The summed E-state index contributed by atoms with van der Waals surface area (Å²) in [5, 5.41) is 9.68. The highest BCUT2D eigenvalue weighted by atomic mass is 32.1. The molecule has 0 atom stereocenters. The first-order valence-electron chi connectivity index (χ1n) is 4.85. The van der Waals surface area contributed by atoms with Gasteiger partial charge in [0.15, 0.2) is 5.11 Å². The third-order valence-corrected chi connectivity index (χ3v) is 3.01. The fourth-order valence-corrected chi connectivity index (χ4v) is 1.81. The molecule has 88 valence electrons. The summed E-state index contributed by atoms with van der Waals surface area (Å²) >= 11 is 6.68. The highest BCUT2D eigenvalue weighted by Crippen LogP contribution is 2.08. The Morgan fingerprint density at radius 2 is 2.44 bits per heavy atom. The highest BCUT2D eigenvalue weighted by molar-refractivity contribution is 7.80. The van der Waals surface area contributed by atoms with Crippen LogP contribution >= 0.6 is 23.6 Å². The Morgan fingerprint density at radius 3 is 3.06 bits per heavy atom. The van der Waals surface area contributed by atoms with Gasteiger partial charge < -0.3 is 10.1 Å². The van der Waals surface area contributed by atoms with E-state index < -0.39 is 0 Å². The van der Waals surface area contributed by atoms with Gasteiger partial charge in [0.25, 0.3) is 0 Å². The summed E-state index contributed by atoms with van der Waals surface area (Å²) in [6.07, 6.45) is 0. The number of thiocarbonyl (C=S) groups is 1. The topological polar surface area (TPSA) is 45.6 Å². The summed E-state index contributed by atoms with van der Waals surface area (Å²) in [6.45, 7) is 3.24. The Labute approximate surface area is 105 Å². The van der Waals surface area contributed by atoms with Crippen molar-refractivity contribution in [2.45, 2.75) is 6.92 Å². The van der Waals surface area contributed by atoms with E-state index >= 15 is 0 Å². The van der Waals surface area contributed by atoms with E-state index in [2.05, 4.69) is 15.8 Å². The van der Waals surface area contributed by atoms with E-state index in [9.17, 15) is 0 Å². The number of hydrazone groups is 1. The van der Waals surface area contributed by atoms with Gasteiger partial charge in [0.1, 0.15) is 0 Å². The van der Waals surface area contributed by atoms with Crippen molar-refractivity contribution in [1.82, 2.24) is 10.7 Å². The highest BCUT2D eigenvalue weighted by Gasteiger charge is 1.98. The summed E-state index contributed by atoms with van der Waals surface area (Å²) in [4.78, 5) is 1.13. The average Bonchev–Trinajstić information content (AvgIpc) is 2.79. The van der Waals surface area contributed by atoms with Gasteiger partial charge in [0, 0.05) is 18.5 Å². The predicted molar refractivity (Wildman–Crippen MR) is 72.1 cm³/mol. The molecule has 4 nitrogen and oxygen atoms in total. The number of thiophene rings is 1. The molecular formula is C10H15N3OS2. The minimum atomic E-state index is 0.507. The van der Waals surface area contributed by atoms with Crippen LogP contribution in [0.3, 0.4) is 0 Å². The molecule has 0 spiro atoms. The number of nitrogens with zero attached hydrogens (tertiary/aromatic N) is 1. The summed E-state index contributed by atoms with van der Waals surface area (Å²) in [5.74, 6) is 0. The quantitative estimate of drug-likeness (QED) is 0.364. The van der Waals surface area contributed by atoms with Crippen molar-refractivity contribution >= 4 is 34.4 Å². The van der Waals surface area contributed by atoms with Crippen LogP contribution in [0.4, 0.5) is 0 Å². The number of nitrogens with one attached hydrogen (secondary N) is 2. The zero-order chi connectivity index (χ0) is 11.8. The van der Waals surface area contributed by atoms with E-state index in [1.54, 1.807) is 18.4 Å². The predicted octanol–water partition coefficient (Wildman–Crippen LogP) is 1.58. The molecule has 1 aromatic heterocycles. The first-order valence-corrected chi connectivity index (χ1v) is 6.13. The summed E-state index contributed by atoms with van der Waals surface area (Å²) in [5.41, 5.74) is 3.71. The number of hydrogen-bond acceptors (Lipinski definition) is 4. The Morgan fingerprint density at radius 1 is 1.62 bits per heavy atom. The van der Waals surface area contributed by atoms with Gasteiger partial charge in [-0.15, -0.1) is 11.3 Å². The fourth-order valence-electron chi connectivity index (χ4n) is 0.980. The molecule has 0 saturated carbocycles. The van der Waals surface area contributed by atoms with Crippen LogP contribution < -0.4 is 10.7 Å². The first-order chi connectivity index (χ1) is 7.74. The summed E-state index contributed by atoms with van der Waals surface area (Å²) in [7, 11) is 1.65. The Bertz CT molecular complexity index is 349. The van der Waals surface area contributed by atoms with Crippen LogP contribution in [0, 0.1) is 0 Å². The van der Waals surface area contributed by atoms with E-state index in [1.165, 1.54) is 0 Å². The third-order valence-electron chi connectivity index (χ3n) is 1.79. The second kappa shape index (κ2) is 7.32. The van der Waals surface area contributed by atoms with Gasteiger partial charge in [0.05, 0.1) is 12.3 Å². The zero-order valence-corrected chi connectivity index (χ0v) is 11.0. The number of hydrogen-bond donors (Lipinski definition) is 2. The molecule has 0 saturated heterocycles. The molecule has 0 aliphatic carbocycles. The third kappa shape index (κ3) is 4.69. The van der Waals surface area contributed by atoms with Crippen molar-refractivity contribution in [2.75, 3.05) is 20.3 Å². The number of ether oxygens (including phenoxy) is 1. The van der Waals surface area contributed by atoms with Crippen molar-refractivity contribution in [3.63, 3.8) is 0 Å². The van der Waals surface area contributed by atoms with Crippen molar-refractivity contribution in [2.24, 2.45) is 5.10 Å². The van der Waals surface area contributed by atoms with Crippen molar-refractivity contribution < 1.29 is 4.74 Å². The van der Waals surface area contributed by atoms with Gasteiger partial charge in [-0.2, -0.15) is 5.10 Å². The van der Waals surface area contributed by atoms with E-state index in [0.29, 0.717) is 18.3 Å². The molecule has 0 amide bonds. The smallest absolute Gasteiger partial charge is 0.187 e. The van der Waals surface area contributed by atoms with Crippen molar-refractivity contribution in [3.8, 4) is 0 Å². The van der Waals surface area contributed by atoms with Gasteiger partial charge in [-0.3, -0.25) is 5.43 Å². The molecule has 2 N–H and O–H groups in total. The lowest BCUT2D eigenvalue weighted by Crippen LogP contribution is -2.34. The van der Waals surface area contributed by atoms with Crippen LogP contribution in [-0.4, -0.2) is 31.1 Å². The van der Waals surface area contributed by atoms with Gasteiger partial charge >= 0.3 is 0 Å². The van der Waals surface area contributed by atoms with Crippen LogP contribution in [0.5, 0.6) is 0 Å². The van der Waals surface area contributed by atoms with Crippen LogP contribution in [-0.2, 0) is 4.74 Å². The van der Waals surface area contributed by atoms with Gasteiger partial charge in [0.2, 0.25) is 0 Å². The normalized spacial score (nSPS) is 11.2. The largest absolute Gasteiger partial charge is 0.383 e. The van der Waals surface area contributed by atoms with Gasteiger partial charge in [-0.25, -0.2) is 0 Å². The lowest BCUT2D eigenvalue weighted by atomic mass is 10.3.